The summed E-state index contributed by atoms with van der Waals surface area (Å²) in [5, 5.41) is 11.3. The van der Waals surface area contributed by atoms with Crippen molar-refractivity contribution < 1.29 is 19.4 Å². The standard InChI is InChI=1S/C14H21N3O4/c15-9-5-4-8-14(16,12(18)19)17-13(20)21-10-11-6-2-1-3-7-11/h1-3,6-7H,4-5,8-10,15-16H2,(H,17,20)(H,18,19)/t14-/m0/s1. The molecular formula is C14H21N3O4. The van der Waals surface area contributed by atoms with E-state index in [4.69, 9.17) is 21.3 Å². The number of alkyl carbamates (subject to hydrolysis) is 1. The van der Waals surface area contributed by atoms with E-state index in [1.807, 2.05) is 18.2 Å². The summed E-state index contributed by atoms with van der Waals surface area (Å²) in [6.45, 7) is 0.485. The number of carboxylic acids is 1. The first-order valence-electron chi connectivity index (χ1n) is 6.69. The lowest BCUT2D eigenvalue weighted by molar-refractivity contribution is -0.144. The van der Waals surface area contributed by atoms with E-state index < -0.39 is 17.7 Å². The maximum Gasteiger partial charge on any atom is 0.409 e. The summed E-state index contributed by atoms with van der Waals surface area (Å²) in [5.74, 6) is -1.31. The van der Waals surface area contributed by atoms with E-state index in [1.165, 1.54) is 0 Å². The SMILES string of the molecule is NCCCC[C@](N)(NC(=O)OCc1ccccc1)C(=O)O. The zero-order valence-corrected chi connectivity index (χ0v) is 11.7. The highest BCUT2D eigenvalue weighted by Crippen LogP contribution is 2.09. The first kappa shape index (κ1) is 16.9. The van der Waals surface area contributed by atoms with Crippen LogP contribution in [0.1, 0.15) is 24.8 Å². The Kier molecular flexibility index (Phi) is 6.64. The molecule has 0 unspecified atom stereocenters. The van der Waals surface area contributed by atoms with Crippen LogP contribution in [0.3, 0.4) is 0 Å². The average Bonchev–Trinajstić information content (AvgIpc) is 2.46. The van der Waals surface area contributed by atoms with Gasteiger partial charge in [-0.1, -0.05) is 30.3 Å². The first-order chi connectivity index (χ1) is 9.98. The van der Waals surface area contributed by atoms with Gasteiger partial charge in [0.25, 0.3) is 0 Å². The average molecular weight is 295 g/mol. The van der Waals surface area contributed by atoms with Crippen molar-refractivity contribution in [1.82, 2.24) is 5.32 Å². The molecule has 1 rings (SSSR count). The second kappa shape index (κ2) is 8.23. The third-order valence-corrected chi connectivity index (χ3v) is 2.94. The van der Waals surface area contributed by atoms with Crippen molar-refractivity contribution in [3.63, 3.8) is 0 Å². The number of nitrogens with two attached hydrogens (primary N) is 2. The number of hydrogen-bond acceptors (Lipinski definition) is 5. The summed E-state index contributed by atoms with van der Waals surface area (Å²) >= 11 is 0. The lowest BCUT2D eigenvalue weighted by atomic mass is 10.0. The van der Waals surface area contributed by atoms with Crippen LogP contribution < -0.4 is 16.8 Å². The van der Waals surface area contributed by atoms with E-state index in [0.29, 0.717) is 19.4 Å². The van der Waals surface area contributed by atoms with Crippen molar-refractivity contribution in [3.8, 4) is 0 Å². The van der Waals surface area contributed by atoms with Crippen LogP contribution in [0.4, 0.5) is 4.79 Å². The fourth-order valence-corrected chi connectivity index (χ4v) is 1.71. The van der Waals surface area contributed by atoms with E-state index >= 15 is 0 Å². The Balaban J connectivity index is 2.50. The Labute approximate surface area is 123 Å². The number of carbonyl (C=O) groups is 2. The van der Waals surface area contributed by atoms with Crippen LogP contribution >= 0.6 is 0 Å². The molecule has 21 heavy (non-hydrogen) atoms. The predicted octanol–water partition coefficient (Wildman–Crippen LogP) is 0.781. The van der Waals surface area contributed by atoms with Crippen molar-refractivity contribution in [2.24, 2.45) is 11.5 Å². The smallest absolute Gasteiger partial charge is 0.409 e. The second-order valence-electron chi connectivity index (χ2n) is 4.71. The number of unbranched alkanes of at least 4 members (excludes halogenated alkanes) is 1. The summed E-state index contributed by atoms with van der Waals surface area (Å²) in [5.41, 5.74) is 10.0. The summed E-state index contributed by atoms with van der Waals surface area (Å²) in [7, 11) is 0. The molecule has 0 aliphatic rings. The normalized spacial score (nSPS) is 13.2. The molecule has 0 aliphatic heterocycles. The third kappa shape index (κ3) is 5.80. The molecule has 1 amide bonds. The molecule has 0 radical (unpaired) electrons. The van der Waals surface area contributed by atoms with Gasteiger partial charge in [0.05, 0.1) is 0 Å². The lowest BCUT2D eigenvalue weighted by Crippen LogP contribution is -2.61. The molecular weight excluding hydrogens is 274 g/mol. The van der Waals surface area contributed by atoms with Crippen molar-refractivity contribution in [3.05, 3.63) is 35.9 Å². The molecule has 1 atom stereocenters. The quantitative estimate of drug-likeness (QED) is 0.414. The van der Waals surface area contributed by atoms with Crippen molar-refractivity contribution in [1.29, 1.82) is 0 Å². The number of nitrogens with one attached hydrogen (secondary N) is 1. The molecule has 0 saturated carbocycles. The molecule has 0 spiro atoms. The Morgan fingerprint density at radius 1 is 1.24 bits per heavy atom. The zero-order valence-electron chi connectivity index (χ0n) is 11.7. The molecule has 7 nitrogen and oxygen atoms in total. The number of rotatable bonds is 8. The minimum Gasteiger partial charge on any atom is -0.478 e. The molecule has 116 valence electrons. The molecule has 1 aromatic rings. The van der Waals surface area contributed by atoms with Crippen LogP contribution in [0, 0.1) is 0 Å². The zero-order chi connectivity index (χ0) is 15.7. The Hall–Kier alpha value is -2.12. The number of carboxylic acid groups (broad SMARTS) is 1. The van der Waals surface area contributed by atoms with Crippen LogP contribution in [0.15, 0.2) is 30.3 Å². The van der Waals surface area contributed by atoms with Gasteiger partial charge in [-0.3, -0.25) is 11.1 Å². The van der Waals surface area contributed by atoms with Crippen molar-refractivity contribution in [2.75, 3.05) is 6.54 Å². The molecule has 7 heteroatoms. The number of ether oxygens (including phenoxy) is 1. The minimum atomic E-state index is -1.84. The maximum absolute atomic E-state index is 11.7. The molecule has 0 heterocycles. The van der Waals surface area contributed by atoms with Crippen LogP contribution in [-0.4, -0.2) is 29.4 Å². The lowest BCUT2D eigenvalue weighted by Gasteiger charge is -2.25. The molecule has 0 bridgehead atoms. The summed E-state index contributed by atoms with van der Waals surface area (Å²) in [4.78, 5) is 22.9. The van der Waals surface area contributed by atoms with Crippen molar-refractivity contribution >= 4 is 12.1 Å². The maximum atomic E-state index is 11.7. The van der Waals surface area contributed by atoms with Gasteiger partial charge < -0.3 is 15.6 Å². The number of benzene rings is 1. The van der Waals surface area contributed by atoms with Gasteiger partial charge in [0.15, 0.2) is 5.66 Å². The Morgan fingerprint density at radius 3 is 2.48 bits per heavy atom. The van der Waals surface area contributed by atoms with E-state index in [-0.39, 0.29) is 13.0 Å². The summed E-state index contributed by atoms with van der Waals surface area (Å²) < 4.78 is 4.96. The molecule has 1 aromatic carbocycles. The van der Waals surface area contributed by atoms with Crippen LogP contribution in [0.25, 0.3) is 0 Å². The van der Waals surface area contributed by atoms with Crippen molar-refractivity contribution in [2.45, 2.75) is 31.5 Å². The second-order valence-corrected chi connectivity index (χ2v) is 4.71. The van der Waals surface area contributed by atoms with E-state index in [1.54, 1.807) is 12.1 Å². The summed E-state index contributed by atoms with van der Waals surface area (Å²) in [6, 6.07) is 9.06. The fourth-order valence-electron chi connectivity index (χ4n) is 1.71. The monoisotopic (exact) mass is 295 g/mol. The molecule has 0 aliphatic carbocycles. The van der Waals surface area contributed by atoms with Gasteiger partial charge in [0, 0.05) is 0 Å². The van der Waals surface area contributed by atoms with Gasteiger partial charge in [-0.15, -0.1) is 0 Å². The van der Waals surface area contributed by atoms with E-state index in [9.17, 15) is 9.59 Å². The van der Waals surface area contributed by atoms with Gasteiger partial charge in [-0.25, -0.2) is 9.59 Å². The van der Waals surface area contributed by atoms with Crippen LogP contribution in [0.5, 0.6) is 0 Å². The molecule has 0 saturated heterocycles. The highest BCUT2D eigenvalue weighted by atomic mass is 16.5. The highest BCUT2D eigenvalue weighted by Gasteiger charge is 2.35. The Morgan fingerprint density at radius 2 is 1.90 bits per heavy atom. The van der Waals surface area contributed by atoms with Crippen LogP contribution in [0.2, 0.25) is 0 Å². The van der Waals surface area contributed by atoms with Gasteiger partial charge in [0.1, 0.15) is 6.61 Å². The molecule has 0 fully saturated rings. The van der Waals surface area contributed by atoms with E-state index in [0.717, 1.165) is 5.56 Å². The van der Waals surface area contributed by atoms with Gasteiger partial charge in [-0.05, 0) is 31.4 Å². The number of hydrogen-bond donors (Lipinski definition) is 4. The molecule has 0 aromatic heterocycles. The third-order valence-electron chi connectivity index (χ3n) is 2.94. The first-order valence-corrected chi connectivity index (χ1v) is 6.69. The van der Waals surface area contributed by atoms with Gasteiger partial charge >= 0.3 is 12.1 Å². The highest BCUT2D eigenvalue weighted by molar-refractivity contribution is 5.83. The van der Waals surface area contributed by atoms with Gasteiger partial charge in [-0.2, -0.15) is 0 Å². The van der Waals surface area contributed by atoms with E-state index in [2.05, 4.69) is 5.32 Å². The topological polar surface area (TPSA) is 128 Å². The number of aliphatic carboxylic acids is 1. The minimum absolute atomic E-state index is 0.0468. The fraction of sp³-hybridized carbons (Fsp3) is 0.429. The summed E-state index contributed by atoms with van der Waals surface area (Å²) in [6.07, 6.45) is 0.349. The molecule has 6 N–H and O–H groups in total. The van der Waals surface area contributed by atoms with Crippen LogP contribution in [-0.2, 0) is 16.1 Å². The number of amides is 1. The van der Waals surface area contributed by atoms with Gasteiger partial charge in [0.2, 0.25) is 0 Å². The predicted molar refractivity (Wildman–Crippen MR) is 77.2 cm³/mol. The Bertz CT molecular complexity index is 467. The number of carbonyl (C=O) groups excluding carboxylic acids is 1. The largest absolute Gasteiger partial charge is 0.478 e.